The van der Waals surface area contributed by atoms with Crippen LogP contribution in [0.25, 0.3) is 0 Å². The Morgan fingerprint density at radius 1 is 1.29 bits per heavy atom. The van der Waals surface area contributed by atoms with E-state index in [1.165, 1.54) is 25.7 Å². The predicted octanol–water partition coefficient (Wildman–Crippen LogP) is 3.98. The number of rotatable bonds is 8. The molecule has 0 aromatic heterocycles. The Balaban J connectivity index is 4.41. The maximum atomic E-state index is 4.05. The monoisotopic (exact) mass is 195 g/mol. The summed E-state index contributed by atoms with van der Waals surface area (Å²) in [7, 11) is 0. The van der Waals surface area contributed by atoms with Crippen LogP contribution in [0, 0.1) is 0 Å². The van der Waals surface area contributed by atoms with E-state index in [-0.39, 0.29) is 0 Å². The molecule has 0 spiro atoms. The van der Waals surface area contributed by atoms with Gasteiger partial charge in [0.25, 0.3) is 0 Å². The molecule has 0 heterocycles. The summed E-state index contributed by atoms with van der Waals surface area (Å²) in [6, 6.07) is 0.644. The fourth-order valence-electron chi connectivity index (χ4n) is 1.83. The van der Waals surface area contributed by atoms with Gasteiger partial charge in [-0.05, 0) is 25.3 Å². The zero-order chi connectivity index (χ0) is 11.0. The van der Waals surface area contributed by atoms with Crippen LogP contribution in [0.1, 0.15) is 46.5 Å². The number of hydrogen-bond acceptors (Lipinski definition) is 1. The fourth-order valence-corrected chi connectivity index (χ4v) is 1.83. The fraction of sp³-hybridized carbons (Fsp3) is 0.692. The van der Waals surface area contributed by atoms with E-state index in [0.29, 0.717) is 6.04 Å². The smallest absolute Gasteiger partial charge is 0.0289 e. The summed E-state index contributed by atoms with van der Waals surface area (Å²) in [5, 5.41) is 0. The molecule has 0 N–H and O–H groups in total. The third-order valence-electron chi connectivity index (χ3n) is 2.60. The average molecular weight is 195 g/mol. The van der Waals surface area contributed by atoms with Crippen molar-refractivity contribution in [1.29, 1.82) is 0 Å². The number of hydrogen-bond donors (Lipinski definition) is 0. The highest BCUT2D eigenvalue weighted by Gasteiger charge is 2.14. The van der Waals surface area contributed by atoms with Gasteiger partial charge in [0, 0.05) is 18.3 Å². The number of nitrogens with zero attached hydrogens (tertiary/aromatic N) is 1. The van der Waals surface area contributed by atoms with Crippen molar-refractivity contribution in [3.05, 3.63) is 24.9 Å². The molecule has 0 aliphatic carbocycles. The summed E-state index contributed by atoms with van der Waals surface area (Å²) in [5.41, 5.74) is 1.08. The van der Waals surface area contributed by atoms with E-state index in [2.05, 4.69) is 38.8 Å². The minimum absolute atomic E-state index is 0.644. The Hall–Kier alpha value is -0.720. The molecular formula is C13H25N. The first-order valence-corrected chi connectivity index (χ1v) is 5.79. The van der Waals surface area contributed by atoms with Gasteiger partial charge in [-0.1, -0.05) is 40.3 Å². The van der Waals surface area contributed by atoms with Gasteiger partial charge in [-0.15, -0.1) is 0 Å². The standard InChI is InChI=1S/C13H25N/c1-6-10-13(9-4)14(11-7-2)12(5)8-3/h8,13H,3,5-7,9-11H2,1-2,4H3. The molecule has 1 atom stereocenters. The lowest BCUT2D eigenvalue weighted by molar-refractivity contribution is 0.240. The van der Waals surface area contributed by atoms with Gasteiger partial charge in [0.2, 0.25) is 0 Å². The van der Waals surface area contributed by atoms with E-state index in [9.17, 15) is 0 Å². The van der Waals surface area contributed by atoms with Crippen molar-refractivity contribution in [2.24, 2.45) is 0 Å². The van der Waals surface area contributed by atoms with Crippen LogP contribution in [0.4, 0.5) is 0 Å². The lowest BCUT2D eigenvalue weighted by Crippen LogP contribution is -2.33. The molecule has 0 amide bonds. The van der Waals surface area contributed by atoms with Crippen LogP contribution in [0.3, 0.4) is 0 Å². The van der Waals surface area contributed by atoms with Gasteiger partial charge in [0.1, 0.15) is 0 Å². The highest BCUT2D eigenvalue weighted by atomic mass is 15.2. The van der Waals surface area contributed by atoms with Crippen molar-refractivity contribution < 1.29 is 0 Å². The molecular weight excluding hydrogens is 170 g/mol. The first-order valence-electron chi connectivity index (χ1n) is 5.79. The second-order valence-corrected chi connectivity index (χ2v) is 3.74. The normalized spacial score (nSPS) is 12.2. The molecule has 0 aromatic rings. The van der Waals surface area contributed by atoms with Crippen molar-refractivity contribution in [1.82, 2.24) is 4.90 Å². The second kappa shape index (κ2) is 7.66. The van der Waals surface area contributed by atoms with Crippen molar-refractivity contribution in [3.63, 3.8) is 0 Å². The molecule has 0 saturated carbocycles. The SMILES string of the molecule is C=CC(=C)N(CCC)C(CC)CCC. The van der Waals surface area contributed by atoms with Gasteiger partial charge in [0.05, 0.1) is 0 Å². The van der Waals surface area contributed by atoms with Crippen LogP contribution in [0.5, 0.6) is 0 Å². The van der Waals surface area contributed by atoms with E-state index in [1.807, 2.05) is 6.08 Å². The third kappa shape index (κ3) is 3.99. The van der Waals surface area contributed by atoms with E-state index in [1.54, 1.807) is 0 Å². The third-order valence-corrected chi connectivity index (χ3v) is 2.60. The molecule has 14 heavy (non-hydrogen) atoms. The number of allylic oxidation sites excluding steroid dienone is 1. The van der Waals surface area contributed by atoms with E-state index in [4.69, 9.17) is 0 Å². The van der Waals surface area contributed by atoms with Crippen LogP contribution in [-0.2, 0) is 0 Å². The molecule has 0 aliphatic heterocycles. The van der Waals surface area contributed by atoms with E-state index in [0.717, 1.165) is 12.2 Å². The summed E-state index contributed by atoms with van der Waals surface area (Å²) in [6.45, 7) is 15.7. The molecule has 1 heteroatoms. The Labute approximate surface area is 89.5 Å². The van der Waals surface area contributed by atoms with Crippen LogP contribution in [0.2, 0.25) is 0 Å². The van der Waals surface area contributed by atoms with Gasteiger partial charge >= 0.3 is 0 Å². The summed E-state index contributed by atoms with van der Waals surface area (Å²) >= 11 is 0. The molecule has 1 unspecified atom stereocenters. The minimum Gasteiger partial charge on any atom is -0.369 e. The van der Waals surface area contributed by atoms with E-state index >= 15 is 0 Å². The summed E-state index contributed by atoms with van der Waals surface area (Å²) in [6.07, 6.45) is 6.73. The van der Waals surface area contributed by atoms with Gasteiger partial charge in [-0.3, -0.25) is 0 Å². The molecule has 0 aromatic carbocycles. The van der Waals surface area contributed by atoms with Gasteiger partial charge in [0.15, 0.2) is 0 Å². The van der Waals surface area contributed by atoms with Gasteiger partial charge < -0.3 is 4.90 Å². The topological polar surface area (TPSA) is 3.24 Å². The van der Waals surface area contributed by atoms with Gasteiger partial charge in [-0.2, -0.15) is 0 Å². The quantitative estimate of drug-likeness (QED) is 0.530. The zero-order valence-electron chi connectivity index (χ0n) is 10.1. The highest BCUT2D eigenvalue weighted by Crippen LogP contribution is 2.16. The minimum atomic E-state index is 0.644. The molecule has 0 aliphatic rings. The second-order valence-electron chi connectivity index (χ2n) is 3.74. The van der Waals surface area contributed by atoms with Crippen LogP contribution in [-0.4, -0.2) is 17.5 Å². The zero-order valence-corrected chi connectivity index (χ0v) is 10.1. The maximum absolute atomic E-state index is 4.05. The lowest BCUT2D eigenvalue weighted by Gasteiger charge is -2.33. The van der Waals surface area contributed by atoms with Gasteiger partial charge in [-0.25, -0.2) is 0 Å². The molecule has 0 rings (SSSR count). The molecule has 0 radical (unpaired) electrons. The summed E-state index contributed by atoms with van der Waals surface area (Å²) < 4.78 is 0. The molecule has 0 fully saturated rings. The van der Waals surface area contributed by atoms with Crippen molar-refractivity contribution >= 4 is 0 Å². The Morgan fingerprint density at radius 2 is 1.93 bits per heavy atom. The Morgan fingerprint density at radius 3 is 2.29 bits per heavy atom. The van der Waals surface area contributed by atoms with Crippen LogP contribution >= 0.6 is 0 Å². The van der Waals surface area contributed by atoms with Crippen molar-refractivity contribution in [3.8, 4) is 0 Å². The highest BCUT2D eigenvalue weighted by molar-refractivity contribution is 5.11. The molecule has 0 bridgehead atoms. The predicted molar refractivity (Wildman–Crippen MR) is 65.3 cm³/mol. The molecule has 1 nitrogen and oxygen atoms in total. The van der Waals surface area contributed by atoms with Crippen LogP contribution < -0.4 is 0 Å². The summed E-state index contributed by atoms with van der Waals surface area (Å²) in [4.78, 5) is 2.40. The lowest BCUT2D eigenvalue weighted by atomic mass is 10.1. The molecule has 82 valence electrons. The Kier molecular flexibility index (Phi) is 7.27. The van der Waals surface area contributed by atoms with Crippen molar-refractivity contribution in [2.75, 3.05) is 6.54 Å². The van der Waals surface area contributed by atoms with Crippen molar-refractivity contribution in [2.45, 2.75) is 52.5 Å². The van der Waals surface area contributed by atoms with E-state index < -0.39 is 0 Å². The molecule has 0 saturated heterocycles. The average Bonchev–Trinajstić information content (AvgIpc) is 2.22. The first kappa shape index (κ1) is 13.3. The van der Waals surface area contributed by atoms with Crippen LogP contribution in [0.15, 0.2) is 24.9 Å². The largest absolute Gasteiger partial charge is 0.369 e. The maximum Gasteiger partial charge on any atom is 0.0289 e. The first-order chi connectivity index (χ1) is 6.71. The Bertz CT molecular complexity index is 172. The summed E-state index contributed by atoms with van der Waals surface area (Å²) in [5.74, 6) is 0.